The van der Waals surface area contributed by atoms with Gasteiger partial charge < -0.3 is 9.53 Å². The normalized spacial score (nSPS) is 29.1. The van der Waals surface area contributed by atoms with Crippen LogP contribution in [0.2, 0.25) is 0 Å². The number of esters is 1. The van der Waals surface area contributed by atoms with Crippen LogP contribution >= 0.6 is 0 Å². The Morgan fingerprint density at radius 2 is 2.23 bits per heavy atom. The Morgan fingerprint density at radius 3 is 2.62 bits per heavy atom. The minimum Gasteiger partial charge on any atom is -0.461 e. The molecule has 1 rings (SSSR count). The lowest BCUT2D eigenvalue weighted by Crippen LogP contribution is -2.10. The molecule has 1 saturated carbocycles. The van der Waals surface area contributed by atoms with E-state index in [0.29, 0.717) is 0 Å². The molecule has 2 atom stereocenters. The lowest BCUT2D eigenvalue weighted by atomic mass is 10.1. The van der Waals surface area contributed by atoms with E-state index in [1.807, 2.05) is 13.8 Å². The monoisotopic (exact) mass is 182 g/mol. The van der Waals surface area contributed by atoms with Gasteiger partial charge >= 0.3 is 5.97 Å². The van der Waals surface area contributed by atoms with Crippen molar-refractivity contribution < 1.29 is 14.3 Å². The van der Waals surface area contributed by atoms with Gasteiger partial charge in [-0.1, -0.05) is 26.5 Å². The van der Waals surface area contributed by atoms with Crippen LogP contribution in [-0.4, -0.2) is 18.9 Å². The molecule has 0 aliphatic heterocycles. The molecule has 0 aromatic rings. The van der Waals surface area contributed by atoms with E-state index in [1.54, 1.807) is 0 Å². The highest BCUT2D eigenvalue weighted by Gasteiger charge is 2.62. The molecule has 13 heavy (non-hydrogen) atoms. The number of rotatable bonds is 4. The quantitative estimate of drug-likeness (QED) is 0.372. The highest BCUT2D eigenvalue weighted by molar-refractivity contribution is 5.84. The molecule has 0 heterocycles. The molecule has 0 aromatic heterocycles. The average molecular weight is 182 g/mol. The summed E-state index contributed by atoms with van der Waals surface area (Å²) in [5.74, 6) is -0.725. The van der Waals surface area contributed by atoms with Crippen molar-refractivity contribution in [1.29, 1.82) is 0 Å². The fourth-order valence-electron chi connectivity index (χ4n) is 1.61. The van der Waals surface area contributed by atoms with Gasteiger partial charge in [0.2, 0.25) is 0 Å². The summed E-state index contributed by atoms with van der Waals surface area (Å²) in [5.41, 5.74) is -0.222. The lowest BCUT2D eigenvalue weighted by molar-refractivity contribution is -0.145. The average Bonchev–Trinajstić information content (AvgIpc) is 2.63. The fraction of sp³-hybridized carbons (Fsp3) is 0.600. The van der Waals surface area contributed by atoms with Gasteiger partial charge in [0.1, 0.15) is 12.9 Å². The maximum atomic E-state index is 11.3. The molecule has 0 spiro atoms. The first-order chi connectivity index (χ1) is 6.05. The van der Waals surface area contributed by atoms with Crippen molar-refractivity contribution in [3.8, 4) is 0 Å². The van der Waals surface area contributed by atoms with Gasteiger partial charge in [-0.2, -0.15) is 0 Å². The van der Waals surface area contributed by atoms with E-state index < -0.39 is 0 Å². The molecule has 0 amide bonds. The summed E-state index contributed by atoms with van der Waals surface area (Å²) >= 11 is 0. The summed E-state index contributed by atoms with van der Waals surface area (Å²) < 4.78 is 4.87. The molecule has 72 valence electrons. The van der Waals surface area contributed by atoms with Gasteiger partial charge in [0, 0.05) is 5.92 Å². The van der Waals surface area contributed by atoms with E-state index in [0.717, 1.165) is 6.29 Å². The number of aldehydes is 1. The molecule has 0 radical (unpaired) electrons. The van der Waals surface area contributed by atoms with Gasteiger partial charge in [-0.15, -0.1) is 0 Å². The Labute approximate surface area is 77.8 Å². The summed E-state index contributed by atoms with van der Waals surface area (Å²) in [5, 5.41) is 0. The van der Waals surface area contributed by atoms with Crippen LogP contribution in [0.1, 0.15) is 13.8 Å². The number of carbonyl (C=O) groups is 2. The molecule has 1 fully saturated rings. The van der Waals surface area contributed by atoms with E-state index >= 15 is 0 Å². The molecular weight excluding hydrogens is 168 g/mol. The van der Waals surface area contributed by atoms with E-state index in [2.05, 4.69) is 6.58 Å². The third-order valence-electron chi connectivity index (χ3n) is 2.65. The maximum absolute atomic E-state index is 11.3. The predicted octanol–water partition coefficient (Wildman–Crippen LogP) is 1.19. The molecule has 1 aliphatic carbocycles. The van der Waals surface area contributed by atoms with Crippen LogP contribution in [0.15, 0.2) is 12.7 Å². The summed E-state index contributed by atoms with van der Waals surface area (Å²) in [4.78, 5) is 21.9. The van der Waals surface area contributed by atoms with Crippen molar-refractivity contribution in [2.24, 2.45) is 17.3 Å². The standard InChI is InChI=1S/C10H14O3/c1-4-5-13-9(12)8-7(6-11)10(8,2)3/h4,6-8H,1,5H2,2-3H3. The number of hydrogen-bond acceptors (Lipinski definition) is 3. The zero-order valence-electron chi connectivity index (χ0n) is 7.95. The second-order valence-corrected chi connectivity index (χ2v) is 3.88. The molecular formula is C10H14O3. The van der Waals surface area contributed by atoms with E-state index in [1.165, 1.54) is 6.08 Å². The van der Waals surface area contributed by atoms with Crippen LogP contribution in [0.4, 0.5) is 0 Å². The van der Waals surface area contributed by atoms with Crippen LogP contribution in [-0.2, 0) is 14.3 Å². The number of ether oxygens (including phenoxy) is 1. The van der Waals surface area contributed by atoms with Gasteiger partial charge in [0.25, 0.3) is 0 Å². The minimum absolute atomic E-state index is 0.176. The van der Waals surface area contributed by atoms with Gasteiger partial charge in [0.05, 0.1) is 5.92 Å². The summed E-state index contributed by atoms with van der Waals surface area (Å²) in [6.45, 7) is 7.45. The van der Waals surface area contributed by atoms with Crippen LogP contribution in [0, 0.1) is 17.3 Å². The number of hydrogen-bond donors (Lipinski definition) is 0. The van der Waals surface area contributed by atoms with Crippen molar-refractivity contribution in [3.05, 3.63) is 12.7 Å². The lowest BCUT2D eigenvalue weighted by Gasteiger charge is -2.01. The summed E-state index contributed by atoms with van der Waals surface area (Å²) in [7, 11) is 0. The molecule has 0 N–H and O–H groups in total. The predicted molar refractivity (Wildman–Crippen MR) is 48.0 cm³/mol. The largest absolute Gasteiger partial charge is 0.461 e. The summed E-state index contributed by atoms with van der Waals surface area (Å²) in [6.07, 6.45) is 2.35. The Kier molecular flexibility index (Phi) is 2.55. The third kappa shape index (κ3) is 1.64. The molecule has 0 bridgehead atoms. The third-order valence-corrected chi connectivity index (χ3v) is 2.65. The first-order valence-electron chi connectivity index (χ1n) is 4.28. The highest BCUT2D eigenvalue weighted by Crippen LogP contribution is 2.57. The van der Waals surface area contributed by atoms with E-state index in [4.69, 9.17) is 4.74 Å². The van der Waals surface area contributed by atoms with Crippen molar-refractivity contribution in [3.63, 3.8) is 0 Å². The van der Waals surface area contributed by atoms with Crippen molar-refractivity contribution in [2.45, 2.75) is 13.8 Å². The van der Waals surface area contributed by atoms with E-state index in [9.17, 15) is 9.59 Å². The van der Waals surface area contributed by atoms with E-state index in [-0.39, 0.29) is 29.8 Å². The number of carbonyl (C=O) groups excluding carboxylic acids is 2. The Hall–Kier alpha value is -1.12. The highest BCUT2D eigenvalue weighted by atomic mass is 16.5. The smallest absolute Gasteiger partial charge is 0.310 e. The van der Waals surface area contributed by atoms with Crippen molar-refractivity contribution in [1.82, 2.24) is 0 Å². The van der Waals surface area contributed by atoms with Gasteiger partial charge in [-0.3, -0.25) is 4.79 Å². The Bertz CT molecular complexity index is 243. The van der Waals surface area contributed by atoms with Crippen molar-refractivity contribution in [2.75, 3.05) is 6.61 Å². The molecule has 3 heteroatoms. The van der Waals surface area contributed by atoms with Gasteiger partial charge in [0.15, 0.2) is 0 Å². The van der Waals surface area contributed by atoms with Crippen LogP contribution < -0.4 is 0 Å². The Morgan fingerprint density at radius 1 is 1.62 bits per heavy atom. The molecule has 0 saturated heterocycles. The van der Waals surface area contributed by atoms with Crippen LogP contribution in [0.5, 0.6) is 0 Å². The molecule has 1 aliphatic rings. The van der Waals surface area contributed by atoms with Gasteiger partial charge in [-0.25, -0.2) is 0 Å². The van der Waals surface area contributed by atoms with Gasteiger partial charge in [-0.05, 0) is 5.41 Å². The molecule has 2 unspecified atom stereocenters. The maximum Gasteiger partial charge on any atom is 0.310 e. The zero-order valence-corrected chi connectivity index (χ0v) is 7.95. The van der Waals surface area contributed by atoms with Crippen molar-refractivity contribution >= 4 is 12.3 Å². The first kappa shape index (κ1) is 9.96. The Balaban J connectivity index is 2.51. The first-order valence-corrected chi connectivity index (χ1v) is 4.28. The molecule has 3 nitrogen and oxygen atoms in total. The van der Waals surface area contributed by atoms with Crippen LogP contribution in [0.3, 0.4) is 0 Å². The fourth-order valence-corrected chi connectivity index (χ4v) is 1.61. The SMILES string of the molecule is C=CCOC(=O)C1C(C=O)C1(C)C. The molecule has 0 aromatic carbocycles. The minimum atomic E-state index is -0.290. The zero-order chi connectivity index (χ0) is 10.1. The summed E-state index contributed by atoms with van der Waals surface area (Å²) in [6, 6.07) is 0. The second kappa shape index (κ2) is 3.32. The second-order valence-electron chi connectivity index (χ2n) is 3.88. The van der Waals surface area contributed by atoms with Crippen LogP contribution in [0.25, 0.3) is 0 Å². The topological polar surface area (TPSA) is 43.4 Å².